The number of halogens is 3. The van der Waals surface area contributed by atoms with Crippen LogP contribution in [-0.2, 0) is 17.5 Å². The van der Waals surface area contributed by atoms with Gasteiger partial charge in [0.15, 0.2) is 0 Å². The van der Waals surface area contributed by atoms with Crippen molar-refractivity contribution in [3.63, 3.8) is 0 Å². The number of hydrogen-bond donors (Lipinski definition) is 0. The maximum absolute atomic E-state index is 12.7. The van der Waals surface area contributed by atoms with Crippen molar-refractivity contribution >= 4 is 11.8 Å². The Morgan fingerprint density at radius 1 is 0.862 bits per heavy atom. The summed E-state index contributed by atoms with van der Waals surface area (Å²) in [6.45, 7) is 6.91. The normalized spacial score (nSPS) is 18.9. The van der Waals surface area contributed by atoms with Crippen LogP contribution in [-0.4, -0.2) is 67.4 Å². The van der Waals surface area contributed by atoms with Gasteiger partial charge in [-0.1, -0.05) is 12.1 Å². The molecular weight excluding hydrogens is 383 g/mol. The molecule has 0 unspecified atom stereocenters. The minimum absolute atomic E-state index is 0.608. The predicted octanol–water partition coefficient (Wildman–Crippen LogP) is 2.65. The second-order valence-corrected chi connectivity index (χ2v) is 7.27. The molecule has 0 N–H and O–H groups in total. The fourth-order valence-corrected chi connectivity index (χ4v) is 3.62. The smallest absolute Gasteiger partial charge is 0.378 e. The molecule has 29 heavy (non-hydrogen) atoms. The number of alkyl halides is 3. The van der Waals surface area contributed by atoms with E-state index in [0.717, 1.165) is 68.7 Å². The number of aromatic nitrogens is 2. The highest BCUT2D eigenvalue weighted by molar-refractivity contribution is 5.44. The molecule has 0 saturated carbocycles. The maximum atomic E-state index is 12.7. The van der Waals surface area contributed by atoms with Gasteiger partial charge in [-0.2, -0.15) is 18.2 Å². The van der Waals surface area contributed by atoms with Gasteiger partial charge in [0.25, 0.3) is 0 Å². The van der Waals surface area contributed by atoms with Crippen molar-refractivity contribution in [2.24, 2.45) is 0 Å². The van der Waals surface area contributed by atoms with Crippen LogP contribution in [0.5, 0.6) is 0 Å². The van der Waals surface area contributed by atoms with Crippen LogP contribution in [0.15, 0.2) is 36.5 Å². The standard InChI is InChI=1S/C20H24F3N5O/c21-20(22,23)17-3-1-16(2-4-17)15-26-7-9-28(10-8-26)19-24-6-5-18(25-19)27-11-13-29-14-12-27/h1-6H,7-15H2. The second kappa shape index (κ2) is 8.54. The van der Waals surface area contributed by atoms with Crippen molar-refractivity contribution in [1.82, 2.24) is 14.9 Å². The number of anilines is 2. The molecule has 0 bridgehead atoms. The number of ether oxygens (including phenoxy) is 1. The highest BCUT2D eigenvalue weighted by Crippen LogP contribution is 2.29. The number of piperazine rings is 1. The Hall–Kier alpha value is -2.39. The van der Waals surface area contributed by atoms with Crippen molar-refractivity contribution in [3.8, 4) is 0 Å². The molecule has 2 aliphatic heterocycles. The minimum atomic E-state index is -4.29. The van der Waals surface area contributed by atoms with Gasteiger partial charge in [0.05, 0.1) is 18.8 Å². The molecule has 6 nitrogen and oxygen atoms in total. The van der Waals surface area contributed by atoms with E-state index in [-0.39, 0.29) is 0 Å². The Balaban J connectivity index is 1.32. The van der Waals surface area contributed by atoms with E-state index in [0.29, 0.717) is 19.8 Å². The lowest BCUT2D eigenvalue weighted by Crippen LogP contribution is -2.46. The molecule has 3 heterocycles. The largest absolute Gasteiger partial charge is 0.416 e. The van der Waals surface area contributed by atoms with Crippen LogP contribution in [0.4, 0.5) is 24.9 Å². The lowest BCUT2D eigenvalue weighted by Gasteiger charge is -2.35. The van der Waals surface area contributed by atoms with Gasteiger partial charge in [0, 0.05) is 52.0 Å². The predicted molar refractivity (Wildman–Crippen MR) is 104 cm³/mol. The van der Waals surface area contributed by atoms with Gasteiger partial charge in [-0.05, 0) is 23.8 Å². The average molecular weight is 407 g/mol. The van der Waals surface area contributed by atoms with E-state index in [1.165, 1.54) is 0 Å². The van der Waals surface area contributed by atoms with Crippen LogP contribution in [0.25, 0.3) is 0 Å². The van der Waals surface area contributed by atoms with Crippen LogP contribution in [0.2, 0.25) is 0 Å². The third-order valence-electron chi connectivity index (χ3n) is 5.31. The summed E-state index contributed by atoms with van der Waals surface area (Å²) in [4.78, 5) is 15.8. The molecule has 2 fully saturated rings. The first-order valence-corrected chi connectivity index (χ1v) is 9.78. The van der Waals surface area contributed by atoms with E-state index in [1.807, 2.05) is 6.07 Å². The SMILES string of the molecule is FC(F)(F)c1ccc(CN2CCN(c3nccc(N4CCOCC4)n3)CC2)cc1. The summed E-state index contributed by atoms with van der Waals surface area (Å²) >= 11 is 0. The number of rotatable bonds is 4. The molecule has 1 aromatic heterocycles. The Kier molecular flexibility index (Phi) is 5.86. The summed E-state index contributed by atoms with van der Waals surface area (Å²) in [6.07, 6.45) is -2.50. The highest BCUT2D eigenvalue weighted by Gasteiger charge is 2.30. The molecule has 2 aliphatic rings. The van der Waals surface area contributed by atoms with Crippen LogP contribution in [0, 0.1) is 0 Å². The van der Waals surface area contributed by atoms with Gasteiger partial charge in [0.1, 0.15) is 5.82 Å². The topological polar surface area (TPSA) is 44.7 Å². The van der Waals surface area contributed by atoms with E-state index in [4.69, 9.17) is 9.72 Å². The summed E-state index contributed by atoms with van der Waals surface area (Å²) in [5.41, 5.74) is 0.278. The Morgan fingerprint density at radius 3 is 2.21 bits per heavy atom. The third kappa shape index (κ3) is 4.97. The first kappa shape index (κ1) is 19.9. The zero-order valence-electron chi connectivity index (χ0n) is 16.1. The van der Waals surface area contributed by atoms with E-state index in [2.05, 4.69) is 19.7 Å². The Bertz CT molecular complexity index is 801. The van der Waals surface area contributed by atoms with Gasteiger partial charge in [-0.15, -0.1) is 0 Å². The number of benzene rings is 1. The summed E-state index contributed by atoms with van der Waals surface area (Å²) in [5.74, 6) is 1.65. The van der Waals surface area contributed by atoms with Gasteiger partial charge < -0.3 is 14.5 Å². The summed E-state index contributed by atoms with van der Waals surface area (Å²) in [7, 11) is 0. The molecular formula is C20H24F3N5O. The van der Waals surface area contributed by atoms with Crippen molar-refractivity contribution in [2.75, 3.05) is 62.3 Å². The van der Waals surface area contributed by atoms with Crippen LogP contribution in [0.3, 0.4) is 0 Å². The molecule has 2 saturated heterocycles. The van der Waals surface area contributed by atoms with Crippen molar-refractivity contribution < 1.29 is 17.9 Å². The van der Waals surface area contributed by atoms with Crippen LogP contribution in [0.1, 0.15) is 11.1 Å². The summed E-state index contributed by atoms with van der Waals surface area (Å²) in [5, 5.41) is 0. The van der Waals surface area contributed by atoms with E-state index in [9.17, 15) is 13.2 Å². The number of hydrogen-bond acceptors (Lipinski definition) is 6. The molecule has 0 aliphatic carbocycles. The summed E-state index contributed by atoms with van der Waals surface area (Å²) < 4.78 is 43.5. The lowest BCUT2D eigenvalue weighted by molar-refractivity contribution is -0.137. The van der Waals surface area contributed by atoms with Gasteiger partial charge in [-0.25, -0.2) is 4.98 Å². The molecule has 0 amide bonds. The molecule has 1 aromatic carbocycles. The van der Waals surface area contributed by atoms with Gasteiger partial charge in [0.2, 0.25) is 5.95 Å². The van der Waals surface area contributed by atoms with E-state index >= 15 is 0 Å². The fourth-order valence-electron chi connectivity index (χ4n) is 3.62. The molecule has 9 heteroatoms. The van der Waals surface area contributed by atoms with Crippen molar-refractivity contribution in [2.45, 2.75) is 12.7 Å². The average Bonchev–Trinajstić information content (AvgIpc) is 2.75. The zero-order valence-corrected chi connectivity index (χ0v) is 16.1. The van der Waals surface area contributed by atoms with Gasteiger partial charge in [-0.3, -0.25) is 4.90 Å². The number of nitrogens with zero attached hydrogens (tertiary/aromatic N) is 5. The maximum Gasteiger partial charge on any atom is 0.416 e. The molecule has 0 radical (unpaired) electrons. The minimum Gasteiger partial charge on any atom is -0.378 e. The van der Waals surface area contributed by atoms with E-state index in [1.54, 1.807) is 18.3 Å². The molecule has 0 spiro atoms. The monoisotopic (exact) mass is 407 g/mol. The number of morpholine rings is 1. The molecule has 0 atom stereocenters. The first-order valence-electron chi connectivity index (χ1n) is 9.78. The van der Waals surface area contributed by atoms with E-state index < -0.39 is 11.7 Å². The van der Waals surface area contributed by atoms with Crippen molar-refractivity contribution in [3.05, 3.63) is 47.7 Å². The molecule has 156 valence electrons. The first-order chi connectivity index (χ1) is 14.0. The lowest BCUT2D eigenvalue weighted by atomic mass is 10.1. The summed E-state index contributed by atoms with van der Waals surface area (Å²) in [6, 6.07) is 7.34. The van der Waals surface area contributed by atoms with Crippen molar-refractivity contribution in [1.29, 1.82) is 0 Å². The van der Waals surface area contributed by atoms with Crippen LogP contribution < -0.4 is 9.80 Å². The zero-order chi connectivity index (χ0) is 20.3. The second-order valence-electron chi connectivity index (χ2n) is 7.27. The fraction of sp³-hybridized carbons (Fsp3) is 0.500. The molecule has 4 rings (SSSR count). The van der Waals surface area contributed by atoms with Gasteiger partial charge >= 0.3 is 6.18 Å². The Labute approximate surface area is 167 Å². The third-order valence-corrected chi connectivity index (χ3v) is 5.31. The highest BCUT2D eigenvalue weighted by atomic mass is 19.4. The van der Waals surface area contributed by atoms with Crippen LogP contribution >= 0.6 is 0 Å². The molecule has 2 aromatic rings. The quantitative estimate of drug-likeness (QED) is 0.777. The Morgan fingerprint density at radius 2 is 1.55 bits per heavy atom.